The first-order valence-corrected chi connectivity index (χ1v) is 11.3. The van der Waals surface area contributed by atoms with Gasteiger partial charge < -0.3 is 25.0 Å². The minimum absolute atomic E-state index is 0.119. The number of carboxylic acids is 1. The first kappa shape index (κ1) is 24.6. The highest BCUT2D eigenvalue weighted by Gasteiger charge is 2.32. The van der Waals surface area contributed by atoms with Crippen LogP contribution < -0.4 is 16.2 Å². The Kier molecular flexibility index (Phi) is 6.36. The maximum absolute atomic E-state index is 13.6. The van der Waals surface area contributed by atoms with E-state index in [4.69, 9.17) is 9.84 Å². The molecule has 186 valence electrons. The number of fused-ring (bicyclic) bond motifs is 5. The number of nitrogens with one attached hydrogen (secondary N) is 2. The highest BCUT2D eigenvalue weighted by atomic mass is 16.6. The van der Waals surface area contributed by atoms with Gasteiger partial charge in [-0.2, -0.15) is 0 Å². The summed E-state index contributed by atoms with van der Waals surface area (Å²) in [5.74, 6) is -3.13. The number of ketones is 1. The van der Waals surface area contributed by atoms with Crippen molar-refractivity contribution in [2.45, 2.75) is 39.3 Å². The third-order valence-electron chi connectivity index (χ3n) is 5.60. The third kappa shape index (κ3) is 4.70. The fraction of sp³-hybridized carbons (Fsp3) is 0.269. The zero-order valence-electron chi connectivity index (χ0n) is 20.0. The molecule has 0 bridgehead atoms. The number of hydrogen-bond donors (Lipinski definition) is 3. The second-order valence-corrected chi connectivity index (χ2v) is 9.36. The SMILES string of the molecule is CC(C)(C)OC(=O)NCCCn1c2c(c3ccc(NC(=O)C(=O)O)cc3c1=O)C(=O)c1ccccc1-2. The molecular weight excluding hydrogens is 466 g/mol. The van der Waals surface area contributed by atoms with Crippen molar-refractivity contribution < 1.29 is 29.0 Å². The molecule has 2 amide bonds. The van der Waals surface area contributed by atoms with Gasteiger partial charge in [-0.15, -0.1) is 0 Å². The highest BCUT2D eigenvalue weighted by molar-refractivity contribution is 6.36. The van der Waals surface area contributed by atoms with E-state index in [0.717, 1.165) is 0 Å². The molecule has 0 spiro atoms. The van der Waals surface area contributed by atoms with Gasteiger partial charge in [0.15, 0.2) is 5.78 Å². The van der Waals surface area contributed by atoms with Gasteiger partial charge >= 0.3 is 18.0 Å². The van der Waals surface area contributed by atoms with E-state index in [1.807, 2.05) is 0 Å². The lowest BCUT2D eigenvalue weighted by Gasteiger charge is -2.20. The number of nitrogens with zero attached hydrogens (tertiary/aromatic N) is 1. The number of amides is 2. The first-order chi connectivity index (χ1) is 17.0. The summed E-state index contributed by atoms with van der Waals surface area (Å²) in [4.78, 5) is 61.4. The molecule has 0 radical (unpaired) electrons. The predicted molar refractivity (Wildman–Crippen MR) is 132 cm³/mol. The lowest BCUT2D eigenvalue weighted by atomic mass is 10.0. The first-order valence-electron chi connectivity index (χ1n) is 11.3. The van der Waals surface area contributed by atoms with Gasteiger partial charge in [0.2, 0.25) is 0 Å². The van der Waals surface area contributed by atoms with Crippen molar-refractivity contribution in [2.24, 2.45) is 0 Å². The van der Waals surface area contributed by atoms with E-state index in [2.05, 4.69) is 10.6 Å². The second kappa shape index (κ2) is 9.29. The van der Waals surface area contributed by atoms with Crippen LogP contribution in [0.4, 0.5) is 10.5 Å². The molecule has 10 nitrogen and oxygen atoms in total. The van der Waals surface area contributed by atoms with Crippen molar-refractivity contribution >= 4 is 40.2 Å². The average molecular weight is 492 g/mol. The number of alkyl carbamates (subject to hydrolysis) is 1. The zero-order valence-corrected chi connectivity index (χ0v) is 20.0. The normalized spacial score (nSPS) is 12.1. The summed E-state index contributed by atoms with van der Waals surface area (Å²) in [6.45, 7) is 5.70. The van der Waals surface area contributed by atoms with Crippen LogP contribution in [-0.4, -0.2) is 45.6 Å². The number of carboxylic acid groups (broad SMARTS) is 1. The lowest BCUT2D eigenvalue weighted by molar-refractivity contribution is -0.147. The van der Waals surface area contributed by atoms with Gasteiger partial charge in [0.05, 0.1) is 16.6 Å². The van der Waals surface area contributed by atoms with Crippen LogP contribution in [0.1, 0.15) is 43.1 Å². The van der Waals surface area contributed by atoms with Gasteiger partial charge in [-0.25, -0.2) is 9.59 Å². The quantitative estimate of drug-likeness (QED) is 0.287. The number of carbonyl (C=O) groups excluding carboxylic acids is 3. The van der Waals surface area contributed by atoms with E-state index in [-0.39, 0.29) is 29.9 Å². The van der Waals surface area contributed by atoms with Gasteiger partial charge in [-0.1, -0.05) is 30.3 Å². The van der Waals surface area contributed by atoms with E-state index in [1.165, 1.54) is 22.8 Å². The Morgan fingerprint density at radius 1 is 1.00 bits per heavy atom. The molecule has 0 unspecified atom stereocenters. The summed E-state index contributed by atoms with van der Waals surface area (Å²) in [5, 5.41) is 14.3. The molecule has 0 fully saturated rings. The maximum Gasteiger partial charge on any atom is 0.407 e. The predicted octanol–water partition coefficient (Wildman–Crippen LogP) is 3.15. The van der Waals surface area contributed by atoms with Crippen molar-refractivity contribution in [1.29, 1.82) is 0 Å². The van der Waals surface area contributed by atoms with Gasteiger partial charge in [0.25, 0.3) is 5.56 Å². The molecule has 2 aromatic carbocycles. The number of anilines is 1. The Bertz CT molecular complexity index is 1480. The van der Waals surface area contributed by atoms with Crippen LogP contribution in [0.3, 0.4) is 0 Å². The smallest absolute Gasteiger partial charge is 0.407 e. The largest absolute Gasteiger partial charge is 0.474 e. The van der Waals surface area contributed by atoms with Gasteiger partial charge in [-0.05, 0) is 39.3 Å². The van der Waals surface area contributed by atoms with Crippen molar-refractivity contribution in [3.8, 4) is 11.3 Å². The van der Waals surface area contributed by atoms with Crippen LogP contribution in [0.25, 0.3) is 22.0 Å². The number of rotatable bonds is 5. The number of aromatic nitrogens is 1. The Morgan fingerprint density at radius 2 is 1.69 bits per heavy atom. The minimum Gasteiger partial charge on any atom is -0.474 e. The zero-order chi connectivity index (χ0) is 26.2. The molecule has 3 N–H and O–H groups in total. The summed E-state index contributed by atoms with van der Waals surface area (Å²) >= 11 is 0. The van der Waals surface area contributed by atoms with Gasteiger partial charge in [0, 0.05) is 35.3 Å². The molecule has 0 saturated heterocycles. The molecule has 1 aliphatic rings. The summed E-state index contributed by atoms with van der Waals surface area (Å²) in [6.07, 6.45) is -0.193. The van der Waals surface area contributed by atoms with E-state index in [0.29, 0.717) is 34.2 Å². The van der Waals surface area contributed by atoms with Gasteiger partial charge in [-0.3, -0.25) is 14.4 Å². The molecule has 0 aliphatic heterocycles. The van der Waals surface area contributed by atoms with E-state index in [9.17, 15) is 24.0 Å². The van der Waals surface area contributed by atoms with Crippen molar-refractivity contribution in [3.63, 3.8) is 0 Å². The molecular formula is C26H25N3O7. The monoisotopic (exact) mass is 491 g/mol. The van der Waals surface area contributed by atoms with E-state index < -0.39 is 29.1 Å². The standard InChI is InChI=1S/C26H25N3O7/c1-26(2,3)36-25(35)27-11-6-12-29-20-16-7-4-5-8-17(16)21(30)19(20)15-10-9-14(13-18(15)23(29)32)28-22(31)24(33)34/h4-5,7-10,13H,6,11-12H2,1-3H3,(H,27,35)(H,28,31)(H,33,34). The lowest BCUT2D eigenvalue weighted by Crippen LogP contribution is -2.33. The van der Waals surface area contributed by atoms with Crippen LogP contribution in [-0.2, 0) is 20.9 Å². The van der Waals surface area contributed by atoms with Crippen molar-refractivity contribution in [2.75, 3.05) is 11.9 Å². The molecule has 36 heavy (non-hydrogen) atoms. The molecule has 1 heterocycles. The van der Waals surface area contributed by atoms with E-state index in [1.54, 1.807) is 45.0 Å². The average Bonchev–Trinajstić information content (AvgIpc) is 3.10. The topological polar surface area (TPSA) is 144 Å². The van der Waals surface area contributed by atoms with Crippen LogP contribution >= 0.6 is 0 Å². The summed E-state index contributed by atoms with van der Waals surface area (Å²) < 4.78 is 6.72. The Balaban J connectivity index is 1.74. The Hall–Kier alpha value is -4.47. The number of hydrogen-bond acceptors (Lipinski definition) is 6. The number of aliphatic carboxylic acids is 1. The Morgan fingerprint density at radius 3 is 2.36 bits per heavy atom. The maximum atomic E-state index is 13.6. The molecule has 4 rings (SSSR count). The number of benzene rings is 2. The molecule has 0 saturated carbocycles. The number of ether oxygens (including phenoxy) is 1. The van der Waals surface area contributed by atoms with Crippen LogP contribution in [0, 0.1) is 0 Å². The van der Waals surface area contributed by atoms with Crippen LogP contribution in [0.15, 0.2) is 47.3 Å². The van der Waals surface area contributed by atoms with Crippen LogP contribution in [0.5, 0.6) is 0 Å². The van der Waals surface area contributed by atoms with E-state index >= 15 is 0 Å². The molecule has 1 aliphatic carbocycles. The van der Waals surface area contributed by atoms with Gasteiger partial charge in [0.1, 0.15) is 5.60 Å². The van der Waals surface area contributed by atoms with Crippen LogP contribution in [0.2, 0.25) is 0 Å². The van der Waals surface area contributed by atoms with Crippen molar-refractivity contribution in [3.05, 3.63) is 63.9 Å². The minimum atomic E-state index is -1.66. The molecule has 3 aromatic rings. The highest BCUT2D eigenvalue weighted by Crippen LogP contribution is 2.39. The fourth-order valence-electron chi connectivity index (χ4n) is 4.20. The summed E-state index contributed by atoms with van der Waals surface area (Å²) in [7, 11) is 0. The number of carbonyl (C=O) groups is 4. The summed E-state index contributed by atoms with van der Waals surface area (Å²) in [6, 6.07) is 11.4. The Labute approximate surface area is 205 Å². The van der Waals surface area contributed by atoms with Crippen molar-refractivity contribution in [1.82, 2.24) is 9.88 Å². The molecule has 0 atom stereocenters. The molecule has 10 heteroatoms. The second-order valence-electron chi connectivity index (χ2n) is 9.36. The number of pyridine rings is 1. The molecule has 1 aromatic heterocycles. The third-order valence-corrected chi connectivity index (χ3v) is 5.60. The fourth-order valence-corrected chi connectivity index (χ4v) is 4.20. The summed E-state index contributed by atoms with van der Waals surface area (Å²) in [5.41, 5.74) is 1.04.